The molecule has 0 radical (unpaired) electrons. The smallest absolute Gasteiger partial charge is 0.321 e. The number of amides is 1. The molecule has 0 saturated heterocycles. The Hall–Kier alpha value is -3.08. The van der Waals surface area contributed by atoms with Crippen molar-refractivity contribution in [2.24, 2.45) is 7.05 Å². The Bertz CT molecular complexity index is 800. The topological polar surface area (TPSA) is 70.7 Å². The minimum atomic E-state index is -4.61. The molecule has 2 rings (SSSR count). The van der Waals surface area contributed by atoms with Gasteiger partial charge in [-0.05, 0) is 18.2 Å². The van der Waals surface area contributed by atoms with E-state index < -0.39 is 23.3 Å². The molecule has 0 saturated carbocycles. The van der Waals surface area contributed by atoms with E-state index in [0.29, 0.717) is 5.56 Å². The van der Waals surface area contributed by atoms with Crippen molar-refractivity contribution in [2.45, 2.75) is 6.18 Å². The monoisotopic (exact) mass is 320 g/mol. The van der Waals surface area contributed by atoms with Crippen LogP contribution in [0.1, 0.15) is 11.1 Å². The number of carbonyl (C=O) groups excluding carboxylic acids is 1. The number of rotatable bonds is 3. The summed E-state index contributed by atoms with van der Waals surface area (Å²) in [5, 5.41) is 15.0. The molecule has 0 fully saturated rings. The number of carbonyl (C=O) groups is 1. The number of nitriles is 1. The largest absolute Gasteiger partial charge is 0.418 e. The maximum absolute atomic E-state index is 12.9. The Morgan fingerprint density at radius 1 is 1.39 bits per heavy atom. The van der Waals surface area contributed by atoms with Gasteiger partial charge < -0.3 is 5.32 Å². The molecule has 1 aromatic carbocycles. The average Bonchev–Trinajstić information content (AvgIpc) is 2.89. The molecule has 5 nitrogen and oxygen atoms in total. The molecule has 1 aromatic heterocycles. The minimum absolute atomic E-state index is 0.324. The molecule has 1 heterocycles. The second-order valence-corrected chi connectivity index (χ2v) is 4.61. The summed E-state index contributed by atoms with van der Waals surface area (Å²) < 4.78 is 40.1. The van der Waals surface area contributed by atoms with Crippen molar-refractivity contribution in [2.75, 3.05) is 5.32 Å². The summed E-state index contributed by atoms with van der Waals surface area (Å²) in [6.45, 7) is 0. The Morgan fingerprint density at radius 3 is 2.65 bits per heavy atom. The molecule has 1 amide bonds. The summed E-state index contributed by atoms with van der Waals surface area (Å²) in [6, 6.07) is 6.23. The fourth-order valence-corrected chi connectivity index (χ4v) is 1.86. The van der Waals surface area contributed by atoms with Crippen LogP contribution in [0.4, 0.5) is 18.9 Å². The van der Waals surface area contributed by atoms with E-state index in [1.165, 1.54) is 29.1 Å². The summed E-state index contributed by atoms with van der Waals surface area (Å²) in [5.41, 5.74) is -1.22. The fraction of sp³-hybridized carbons (Fsp3) is 0.133. The summed E-state index contributed by atoms with van der Waals surface area (Å²) in [5.74, 6) is -0.923. The molecule has 0 spiro atoms. The molecule has 2 aromatic rings. The van der Waals surface area contributed by atoms with Crippen LogP contribution in [0.5, 0.6) is 0 Å². The summed E-state index contributed by atoms with van der Waals surface area (Å²) >= 11 is 0. The quantitative estimate of drug-likeness (QED) is 0.698. The van der Waals surface area contributed by atoms with Crippen molar-refractivity contribution < 1.29 is 18.0 Å². The highest BCUT2D eigenvalue weighted by Crippen LogP contribution is 2.34. The van der Waals surface area contributed by atoms with Gasteiger partial charge in [0.25, 0.3) is 5.91 Å². The van der Waals surface area contributed by atoms with E-state index in [-0.39, 0.29) is 5.57 Å². The van der Waals surface area contributed by atoms with E-state index in [9.17, 15) is 18.0 Å². The number of aryl methyl sites for hydroxylation is 1. The van der Waals surface area contributed by atoms with Crippen LogP contribution in [0, 0.1) is 11.3 Å². The first-order valence-electron chi connectivity index (χ1n) is 6.39. The van der Waals surface area contributed by atoms with E-state index in [4.69, 9.17) is 5.26 Å². The molecule has 0 atom stereocenters. The zero-order chi connectivity index (χ0) is 17.0. The second-order valence-electron chi connectivity index (χ2n) is 4.61. The van der Waals surface area contributed by atoms with E-state index >= 15 is 0 Å². The van der Waals surface area contributed by atoms with Gasteiger partial charge in [0.15, 0.2) is 0 Å². The van der Waals surface area contributed by atoms with Crippen LogP contribution in [0.2, 0.25) is 0 Å². The van der Waals surface area contributed by atoms with Gasteiger partial charge in [-0.2, -0.15) is 23.5 Å². The van der Waals surface area contributed by atoms with Crippen molar-refractivity contribution in [3.63, 3.8) is 0 Å². The molecule has 0 aliphatic heterocycles. The second kappa shape index (κ2) is 6.36. The molecule has 8 heteroatoms. The van der Waals surface area contributed by atoms with Gasteiger partial charge in [0, 0.05) is 18.8 Å². The molecule has 118 valence electrons. The standard InChI is InChI=1S/C15H11F3N4O/c1-22-9-10(8-20-22)6-11(7-19)14(23)21-13-5-3-2-4-12(13)15(16,17)18/h2-6,8-9H,1H3,(H,21,23)/b11-6+. The van der Waals surface area contributed by atoms with E-state index in [1.807, 2.05) is 0 Å². The van der Waals surface area contributed by atoms with Crippen molar-refractivity contribution in [3.8, 4) is 6.07 Å². The number of aromatic nitrogens is 2. The molecule has 1 N–H and O–H groups in total. The molecular formula is C15H11F3N4O. The number of nitrogens with zero attached hydrogens (tertiary/aromatic N) is 3. The molecule has 0 unspecified atom stereocenters. The first-order valence-corrected chi connectivity index (χ1v) is 6.39. The van der Waals surface area contributed by atoms with E-state index in [2.05, 4.69) is 10.4 Å². The first kappa shape index (κ1) is 16.3. The third-order valence-corrected chi connectivity index (χ3v) is 2.88. The predicted octanol–water partition coefficient (Wildman–Crippen LogP) is 2.98. The van der Waals surface area contributed by atoms with Crippen molar-refractivity contribution in [3.05, 3.63) is 53.4 Å². The van der Waals surface area contributed by atoms with Gasteiger partial charge in [-0.3, -0.25) is 9.48 Å². The van der Waals surface area contributed by atoms with E-state index in [0.717, 1.165) is 12.1 Å². The van der Waals surface area contributed by atoms with Gasteiger partial charge in [-0.1, -0.05) is 12.1 Å². The summed E-state index contributed by atoms with van der Waals surface area (Å²) in [6.07, 6.45) is -0.370. The number of anilines is 1. The molecule has 0 bridgehead atoms. The van der Waals surface area contributed by atoms with Gasteiger partial charge in [-0.15, -0.1) is 0 Å². The van der Waals surface area contributed by atoms with Gasteiger partial charge in [0.05, 0.1) is 17.4 Å². The third kappa shape index (κ3) is 3.97. The van der Waals surface area contributed by atoms with Crippen molar-refractivity contribution >= 4 is 17.7 Å². The maximum atomic E-state index is 12.9. The lowest BCUT2D eigenvalue weighted by molar-refractivity contribution is -0.136. The predicted molar refractivity (Wildman–Crippen MR) is 76.9 cm³/mol. The van der Waals surface area contributed by atoms with Crippen molar-refractivity contribution in [1.82, 2.24) is 9.78 Å². The molecule has 0 aliphatic carbocycles. The normalized spacial score (nSPS) is 11.9. The lowest BCUT2D eigenvalue weighted by atomic mass is 10.1. The average molecular weight is 320 g/mol. The van der Waals surface area contributed by atoms with Crippen LogP contribution in [0.25, 0.3) is 6.08 Å². The Morgan fingerprint density at radius 2 is 2.09 bits per heavy atom. The zero-order valence-corrected chi connectivity index (χ0v) is 11.9. The van der Waals surface area contributed by atoms with Crippen molar-refractivity contribution in [1.29, 1.82) is 5.26 Å². The number of para-hydroxylation sites is 1. The van der Waals surface area contributed by atoms with Gasteiger partial charge >= 0.3 is 6.18 Å². The van der Waals surface area contributed by atoms with Crippen LogP contribution in [-0.2, 0) is 18.0 Å². The van der Waals surface area contributed by atoms with Gasteiger partial charge in [0.1, 0.15) is 11.6 Å². The fourth-order valence-electron chi connectivity index (χ4n) is 1.86. The first-order chi connectivity index (χ1) is 10.8. The van der Waals surface area contributed by atoms with Crippen LogP contribution >= 0.6 is 0 Å². The lowest BCUT2D eigenvalue weighted by Gasteiger charge is -2.13. The number of nitrogens with one attached hydrogen (secondary N) is 1. The highest BCUT2D eigenvalue weighted by atomic mass is 19.4. The third-order valence-electron chi connectivity index (χ3n) is 2.88. The Balaban J connectivity index is 2.28. The summed E-state index contributed by atoms with van der Waals surface area (Å²) in [7, 11) is 1.66. The molecular weight excluding hydrogens is 309 g/mol. The Kier molecular flexibility index (Phi) is 4.50. The number of benzene rings is 1. The minimum Gasteiger partial charge on any atom is -0.321 e. The highest BCUT2D eigenvalue weighted by Gasteiger charge is 2.33. The van der Waals surface area contributed by atoms with Gasteiger partial charge in [0.2, 0.25) is 0 Å². The van der Waals surface area contributed by atoms with E-state index in [1.54, 1.807) is 19.3 Å². The van der Waals surface area contributed by atoms with Crippen LogP contribution in [0.3, 0.4) is 0 Å². The Labute approximate surface area is 129 Å². The number of halogens is 3. The number of alkyl halides is 3. The highest BCUT2D eigenvalue weighted by molar-refractivity contribution is 6.09. The van der Waals surface area contributed by atoms with Crippen LogP contribution < -0.4 is 5.32 Å². The number of hydrogen-bond acceptors (Lipinski definition) is 3. The number of hydrogen-bond donors (Lipinski definition) is 1. The van der Waals surface area contributed by atoms with Crippen LogP contribution in [-0.4, -0.2) is 15.7 Å². The maximum Gasteiger partial charge on any atom is 0.418 e. The molecule has 0 aliphatic rings. The van der Waals surface area contributed by atoms with Gasteiger partial charge in [-0.25, -0.2) is 0 Å². The zero-order valence-electron chi connectivity index (χ0n) is 11.9. The van der Waals surface area contributed by atoms with Crippen LogP contribution in [0.15, 0.2) is 42.2 Å². The summed E-state index contributed by atoms with van der Waals surface area (Å²) in [4.78, 5) is 12.0. The lowest BCUT2D eigenvalue weighted by Crippen LogP contribution is -2.17. The molecule has 23 heavy (non-hydrogen) atoms. The SMILES string of the molecule is Cn1cc(/C=C(\C#N)C(=O)Nc2ccccc2C(F)(F)F)cn1.